The summed E-state index contributed by atoms with van der Waals surface area (Å²) in [6.45, 7) is 5.48. The van der Waals surface area contributed by atoms with E-state index in [4.69, 9.17) is 4.74 Å². The Labute approximate surface area is 218 Å². The van der Waals surface area contributed by atoms with Gasteiger partial charge < -0.3 is 15.0 Å². The first-order valence-electron chi connectivity index (χ1n) is 12.0. The fraction of sp³-hybridized carbons (Fsp3) is 0.286. The number of rotatable bonds is 11. The quantitative estimate of drug-likeness (QED) is 0.413. The van der Waals surface area contributed by atoms with Crippen LogP contribution in [0.25, 0.3) is 0 Å². The molecule has 196 valence electrons. The van der Waals surface area contributed by atoms with Crippen molar-refractivity contribution in [3.63, 3.8) is 0 Å². The number of anilines is 1. The van der Waals surface area contributed by atoms with Crippen molar-refractivity contribution in [1.82, 2.24) is 10.2 Å². The van der Waals surface area contributed by atoms with E-state index >= 15 is 0 Å². The summed E-state index contributed by atoms with van der Waals surface area (Å²) in [5, 5.41) is 2.75. The Morgan fingerprint density at radius 3 is 2.14 bits per heavy atom. The predicted molar refractivity (Wildman–Crippen MR) is 144 cm³/mol. The number of carbonyl (C=O) groups excluding carboxylic acids is 2. The lowest BCUT2D eigenvalue weighted by molar-refractivity contribution is -0.139. The molecule has 37 heavy (non-hydrogen) atoms. The van der Waals surface area contributed by atoms with E-state index in [2.05, 4.69) is 5.32 Å². The van der Waals surface area contributed by atoms with Crippen molar-refractivity contribution in [2.45, 2.75) is 38.3 Å². The molecule has 2 amide bonds. The maximum atomic E-state index is 13.8. The summed E-state index contributed by atoms with van der Waals surface area (Å²) in [5.74, 6) is -0.266. The highest BCUT2D eigenvalue weighted by atomic mass is 32.2. The number of hydrogen-bond acceptors (Lipinski definition) is 5. The topological polar surface area (TPSA) is 96.0 Å². The van der Waals surface area contributed by atoms with Gasteiger partial charge in [-0.2, -0.15) is 0 Å². The van der Waals surface area contributed by atoms with Gasteiger partial charge in [0.05, 0.1) is 17.7 Å². The molecule has 0 fully saturated rings. The number of sulfonamides is 1. The fourth-order valence-corrected chi connectivity index (χ4v) is 5.23. The molecule has 0 aliphatic heterocycles. The maximum absolute atomic E-state index is 13.8. The van der Waals surface area contributed by atoms with Gasteiger partial charge in [-0.25, -0.2) is 8.42 Å². The smallest absolute Gasteiger partial charge is 0.264 e. The van der Waals surface area contributed by atoms with Gasteiger partial charge in [0.2, 0.25) is 11.8 Å². The minimum absolute atomic E-state index is 0.0560. The van der Waals surface area contributed by atoms with Crippen LogP contribution in [-0.4, -0.2) is 51.4 Å². The SMILES string of the molecule is CCNC(=O)[C@@H](C)N(Cc1ccc(C)cc1)C(=O)CN(c1ccc(OC)cc1)S(=O)(=O)c1ccccc1. The van der Waals surface area contributed by atoms with Crippen LogP contribution in [0.4, 0.5) is 5.69 Å². The highest BCUT2D eigenvalue weighted by Crippen LogP contribution is 2.26. The zero-order valence-electron chi connectivity index (χ0n) is 21.5. The van der Waals surface area contributed by atoms with Crippen molar-refractivity contribution < 1.29 is 22.7 Å². The Hall–Kier alpha value is -3.85. The second-order valence-corrected chi connectivity index (χ2v) is 10.5. The molecule has 1 atom stereocenters. The Kier molecular flexibility index (Phi) is 9.30. The minimum Gasteiger partial charge on any atom is -0.497 e. The summed E-state index contributed by atoms with van der Waals surface area (Å²) in [5.41, 5.74) is 2.20. The van der Waals surface area contributed by atoms with Crippen LogP contribution in [0.1, 0.15) is 25.0 Å². The van der Waals surface area contributed by atoms with Gasteiger partial charge in [-0.3, -0.25) is 13.9 Å². The van der Waals surface area contributed by atoms with Gasteiger partial charge in [-0.15, -0.1) is 0 Å². The Balaban J connectivity index is 2.01. The van der Waals surface area contributed by atoms with E-state index in [1.54, 1.807) is 56.3 Å². The number of hydrogen-bond donors (Lipinski definition) is 1. The number of aryl methyl sites for hydroxylation is 1. The number of benzene rings is 3. The molecule has 0 spiro atoms. The average molecular weight is 524 g/mol. The van der Waals surface area contributed by atoms with Gasteiger partial charge in [0.1, 0.15) is 18.3 Å². The van der Waals surface area contributed by atoms with Crippen molar-refractivity contribution in [3.05, 3.63) is 90.0 Å². The molecule has 8 nitrogen and oxygen atoms in total. The summed E-state index contributed by atoms with van der Waals surface area (Å²) < 4.78 is 33.7. The molecule has 0 saturated heterocycles. The molecule has 0 aliphatic carbocycles. The Morgan fingerprint density at radius 2 is 1.57 bits per heavy atom. The largest absolute Gasteiger partial charge is 0.497 e. The number of methoxy groups -OCH3 is 1. The minimum atomic E-state index is -4.09. The number of carbonyl (C=O) groups is 2. The summed E-state index contributed by atoms with van der Waals surface area (Å²) in [7, 11) is -2.58. The molecule has 0 unspecified atom stereocenters. The molecule has 0 aromatic heterocycles. The zero-order chi connectivity index (χ0) is 27.0. The normalized spacial score (nSPS) is 11.9. The van der Waals surface area contributed by atoms with Crippen molar-refractivity contribution >= 4 is 27.5 Å². The number of likely N-dealkylation sites (N-methyl/N-ethyl adjacent to an activating group) is 1. The molecule has 9 heteroatoms. The summed E-state index contributed by atoms with van der Waals surface area (Å²) >= 11 is 0. The number of ether oxygens (including phenoxy) is 1. The van der Waals surface area contributed by atoms with Crippen LogP contribution in [0.15, 0.2) is 83.8 Å². The predicted octanol–water partition coefficient (Wildman–Crippen LogP) is 3.75. The molecule has 3 rings (SSSR count). The first-order valence-corrected chi connectivity index (χ1v) is 13.5. The van der Waals surface area contributed by atoms with Crippen molar-refractivity contribution in [3.8, 4) is 5.75 Å². The molecule has 3 aromatic rings. The van der Waals surface area contributed by atoms with E-state index in [-0.39, 0.29) is 17.3 Å². The average Bonchev–Trinajstić information content (AvgIpc) is 2.91. The van der Waals surface area contributed by atoms with Crippen LogP contribution in [0.5, 0.6) is 5.75 Å². The van der Waals surface area contributed by atoms with E-state index < -0.39 is 28.5 Å². The van der Waals surface area contributed by atoms with Crippen LogP contribution in [-0.2, 0) is 26.2 Å². The fourth-order valence-electron chi connectivity index (χ4n) is 3.79. The number of nitrogens with one attached hydrogen (secondary N) is 1. The molecule has 1 N–H and O–H groups in total. The highest BCUT2D eigenvalue weighted by Gasteiger charge is 2.32. The van der Waals surface area contributed by atoms with E-state index in [0.717, 1.165) is 15.4 Å². The van der Waals surface area contributed by atoms with E-state index in [0.29, 0.717) is 18.0 Å². The van der Waals surface area contributed by atoms with Crippen LogP contribution < -0.4 is 14.4 Å². The highest BCUT2D eigenvalue weighted by molar-refractivity contribution is 7.92. The monoisotopic (exact) mass is 523 g/mol. The number of amides is 2. The van der Waals surface area contributed by atoms with Gasteiger partial charge >= 0.3 is 0 Å². The molecule has 0 aliphatic rings. The third-order valence-corrected chi connectivity index (χ3v) is 7.75. The van der Waals surface area contributed by atoms with Gasteiger partial charge in [0.25, 0.3) is 10.0 Å². The molecule has 0 heterocycles. The molecular formula is C28H33N3O5S. The molecule has 3 aromatic carbocycles. The van der Waals surface area contributed by atoms with Crippen molar-refractivity contribution in [2.24, 2.45) is 0 Å². The molecule has 0 bridgehead atoms. The first-order chi connectivity index (χ1) is 17.7. The third-order valence-electron chi connectivity index (χ3n) is 5.96. The molecule has 0 saturated carbocycles. The lowest BCUT2D eigenvalue weighted by Gasteiger charge is -2.32. The molecular weight excluding hydrogens is 490 g/mol. The third kappa shape index (κ3) is 6.89. The summed E-state index contributed by atoms with van der Waals surface area (Å²) in [6.07, 6.45) is 0. The Morgan fingerprint density at radius 1 is 0.946 bits per heavy atom. The Bertz CT molecular complexity index is 1290. The van der Waals surface area contributed by atoms with E-state index in [1.807, 2.05) is 31.2 Å². The van der Waals surface area contributed by atoms with Crippen LogP contribution >= 0.6 is 0 Å². The standard InChI is InChI=1S/C28H33N3O5S/c1-5-29-28(33)22(3)30(19-23-13-11-21(2)12-14-23)27(32)20-31(24-15-17-25(36-4)18-16-24)37(34,35)26-9-7-6-8-10-26/h6-18,22H,5,19-20H2,1-4H3,(H,29,33)/t22-/m1/s1. The lowest BCUT2D eigenvalue weighted by atomic mass is 10.1. The van der Waals surface area contributed by atoms with Crippen molar-refractivity contribution in [1.29, 1.82) is 0 Å². The van der Waals surface area contributed by atoms with Crippen LogP contribution in [0.2, 0.25) is 0 Å². The van der Waals surface area contributed by atoms with Gasteiger partial charge in [-0.1, -0.05) is 48.0 Å². The lowest BCUT2D eigenvalue weighted by Crippen LogP contribution is -2.51. The van der Waals surface area contributed by atoms with E-state index in [9.17, 15) is 18.0 Å². The van der Waals surface area contributed by atoms with Crippen LogP contribution in [0, 0.1) is 6.92 Å². The maximum Gasteiger partial charge on any atom is 0.264 e. The van der Waals surface area contributed by atoms with Crippen LogP contribution in [0.3, 0.4) is 0 Å². The second kappa shape index (κ2) is 12.4. The first kappa shape index (κ1) is 27.7. The van der Waals surface area contributed by atoms with E-state index in [1.165, 1.54) is 24.1 Å². The summed E-state index contributed by atoms with van der Waals surface area (Å²) in [4.78, 5) is 28.0. The zero-order valence-corrected chi connectivity index (χ0v) is 22.4. The summed E-state index contributed by atoms with van der Waals surface area (Å²) in [6, 6.07) is 21.2. The number of nitrogens with zero attached hydrogens (tertiary/aromatic N) is 2. The van der Waals surface area contributed by atoms with Gasteiger partial charge in [-0.05, 0) is 62.7 Å². The van der Waals surface area contributed by atoms with Gasteiger partial charge in [0.15, 0.2) is 0 Å². The van der Waals surface area contributed by atoms with Gasteiger partial charge in [0, 0.05) is 13.1 Å². The molecule has 0 radical (unpaired) electrons. The van der Waals surface area contributed by atoms with Crippen molar-refractivity contribution in [2.75, 3.05) is 24.5 Å². The second-order valence-electron chi connectivity index (χ2n) is 8.60.